The number of hydrogen-bond donors (Lipinski definition) is 2. The third-order valence-electron chi connectivity index (χ3n) is 4.79. The van der Waals surface area contributed by atoms with Crippen LogP contribution in [0.4, 0.5) is 5.69 Å². The van der Waals surface area contributed by atoms with Crippen molar-refractivity contribution >= 4 is 11.6 Å². The Hall–Kier alpha value is -1.75. The second-order valence-corrected chi connectivity index (χ2v) is 6.53. The molecule has 2 aliphatic rings. The molecule has 2 fully saturated rings. The fourth-order valence-corrected chi connectivity index (χ4v) is 3.84. The number of hydrogen-bond acceptors (Lipinski definition) is 4. The molecule has 3 rings (SSSR count). The number of piperidine rings is 1. The number of ether oxygens (including phenoxy) is 2. The van der Waals surface area contributed by atoms with Crippen LogP contribution in [0.2, 0.25) is 0 Å². The summed E-state index contributed by atoms with van der Waals surface area (Å²) in [5.41, 5.74) is 0.760. The average Bonchev–Trinajstić information content (AvgIpc) is 2.86. The number of carbonyl (C=O) groups is 1. The van der Waals surface area contributed by atoms with Crippen molar-refractivity contribution in [3.05, 3.63) is 18.2 Å². The number of amides is 1. The minimum absolute atomic E-state index is 0.0870. The molecule has 2 heterocycles. The summed E-state index contributed by atoms with van der Waals surface area (Å²) in [5.74, 6) is 1.93. The van der Waals surface area contributed by atoms with Gasteiger partial charge >= 0.3 is 0 Å². The molecule has 0 aliphatic carbocycles. The summed E-state index contributed by atoms with van der Waals surface area (Å²) in [6.45, 7) is 2.49. The lowest BCUT2D eigenvalue weighted by atomic mass is 9.89. The lowest BCUT2D eigenvalue weighted by Gasteiger charge is -2.28. The normalized spacial score (nSPS) is 25.9. The Bertz CT molecular complexity index is 549. The van der Waals surface area contributed by atoms with Crippen molar-refractivity contribution in [2.75, 3.05) is 19.0 Å². The van der Waals surface area contributed by atoms with Crippen LogP contribution in [0.15, 0.2) is 18.2 Å². The van der Waals surface area contributed by atoms with E-state index in [0.29, 0.717) is 42.5 Å². The first-order valence-electron chi connectivity index (χ1n) is 8.54. The van der Waals surface area contributed by atoms with Gasteiger partial charge < -0.3 is 20.1 Å². The molecule has 126 valence electrons. The summed E-state index contributed by atoms with van der Waals surface area (Å²) < 4.78 is 10.8. The third kappa shape index (κ3) is 3.96. The summed E-state index contributed by atoms with van der Waals surface area (Å²) in [4.78, 5) is 12.3. The highest BCUT2D eigenvalue weighted by Gasteiger charge is 2.34. The number of methoxy groups -OCH3 is 1. The van der Waals surface area contributed by atoms with Gasteiger partial charge in [-0.1, -0.05) is 0 Å². The Morgan fingerprint density at radius 2 is 2.00 bits per heavy atom. The summed E-state index contributed by atoms with van der Waals surface area (Å²) >= 11 is 0. The second kappa shape index (κ2) is 7.21. The van der Waals surface area contributed by atoms with Gasteiger partial charge in [-0.2, -0.15) is 0 Å². The highest BCUT2D eigenvalue weighted by atomic mass is 16.5. The zero-order valence-electron chi connectivity index (χ0n) is 13.9. The van der Waals surface area contributed by atoms with E-state index in [-0.39, 0.29) is 5.91 Å². The Balaban J connectivity index is 1.58. The molecular weight excluding hydrogens is 292 g/mol. The number of benzene rings is 1. The van der Waals surface area contributed by atoms with Gasteiger partial charge in [0.05, 0.1) is 13.7 Å². The topological polar surface area (TPSA) is 59.6 Å². The number of anilines is 1. The molecule has 0 radical (unpaired) electrons. The van der Waals surface area contributed by atoms with E-state index >= 15 is 0 Å². The van der Waals surface area contributed by atoms with Crippen LogP contribution in [0.5, 0.6) is 11.5 Å². The number of rotatable bonds is 6. The molecule has 5 heteroatoms. The summed E-state index contributed by atoms with van der Waals surface area (Å²) in [6.07, 6.45) is 5.37. The first-order valence-corrected chi connectivity index (χ1v) is 8.54. The molecule has 2 unspecified atom stereocenters. The summed E-state index contributed by atoms with van der Waals surface area (Å²) in [6, 6.07) is 6.75. The zero-order chi connectivity index (χ0) is 16.2. The molecule has 2 saturated heterocycles. The smallest absolute Gasteiger partial charge is 0.224 e. The lowest BCUT2D eigenvalue weighted by molar-refractivity contribution is -0.117. The van der Waals surface area contributed by atoms with Crippen LogP contribution in [0.1, 0.15) is 39.0 Å². The van der Waals surface area contributed by atoms with E-state index in [2.05, 4.69) is 10.6 Å². The monoisotopic (exact) mass is 318 g/mol. The van der Waals surface area contributed by atoms with Crippen molar-refractivity contribution in [3.8, 4) is 11.5 Å². The molecule has 1 aromatic carbocycles. The lowest BCUT2D eigenvalue weighted by Crippen LogP contribution is -2.39. The van der Waals surface area contributed by atoms with Gasteiger partial charge in [0, 0.05) is 30.3 Å². The van der Waals surface area contributed by atoms with E-state index in [9.17, 15) is 4.79 Å². The van der Waals surface area contributed by atoms with Crippen LogP contribution in [-0.4, -0.2) is 31.7 Å². The Morgan fingerprint density at radius 1 is 1.26 bits per heavy atom. The van der Waals surface area contributed by atoms with Crippen LogP contribution >= 0.6 is 0 Å². The quantitative estimate of drug-likeness (QED) is 0.846. The largest absolute Gasteiger partial charge is 0.493 e. The Kier molecular flexibility index (Phi) is 5.06. The zero-order valence-corrected chi connectivity index (χ0v) is 13.9. The predicted molar refractivity (Wildman–Crippen MR) is 90.1 cm³/mol. The van der Waals surface area contributed by atoms with E-state index in [4.69, 9.17) is 9.47 Å². The fraction of sp³-hybridized carbons (Fsp3) is 0.611. The first-order chi connectivity index (χ1) is 11.2. The molecule has 5 nitrogen and oxygen atoms in total. The van der Waals surface area contributed by atoms with Crippen molar-refractivity contribution in [1.82, 2.24) is 5.32 Å². The van der Waals surface area contributed by atoms with Crippen molar-refractivity contribution in [1.29, 1.82) is 0 Å². The van der Waals surface area contributed by atoms with Gasteiger partial charge in [-0.3, -0.25) is 4.79 Å². The number of carbonyl (C=O) groups excluding carboxylic acids is 1. The van der Waals surface area contributed by atoms with Crippen LogP contribution in [-0.2, 0) is 4.79 Å². The highest BCUT2D eigenvalue weighted by Crippen LogP contribution is 2.33. The summed E-state index contributed by atoms with van der Waals surface area (Å²) in [7, 11) is 1.61. The molecule has 2 atom stereocenters. The molecule has 2 aliphatic heterocycles. The van der Waals surface area contributed by atoms with Crippen LogP contribution < -0.4 is 20.1 Å². The van der Waals surface area contributed by atoms with Gasteiger partial charge in [0.2, 0.25) is 5.91 Å². The van der Waals surface area contributed by atoms with Crippen LogP contribution in [0.3, 0.4) is 0 Å². The molecule has 2 bridgehead atoms. The first kappa shape index (κ1) is 16.1. The molecule has 0 aromatic heterocycles. The number of nitrogens with one attached hydrogen (secondary N) is 2. The Morgan fingerprint density at radius 3 is 2.65 bits per heavy atom. The van der Waals surface area contributed by atoms with Gasteiger partial charge in [0.1, 0.15) is 0 Å². The van der Waals surface area contributed by atoms with Crippen molar-refractivity contribution in [2.24, 2.45) is 5.92 Å². The summed E-state index contributed by atoms with van der Waals surface area (Å²) in [5, 5.41) is 6.61. The minimum Gasteiger partial charge on any atom is -0.493 e. The van der Waals surface area contributed by atoms with E-state index in [1.807, 2.05) is 25.1 Å². The van der Waals surface area contributed by atoms with Crippen molar-refractivity contribution in [3.63, 3.8) is 0 Å². The molecule has 0 spiro atoms. The van der Waals surface area contributed by atoms with Crippen LogP contribution in [0.25, 0.3) is 0 Å². The van der Waals surface area contributed by atoms with Crippen molar-refractivity contribution in [2.45, 2.75) is 51.1 Å². The Labute approximate surface area is 137 Å². The SMILES string of the molecule is CCOc1cc(NC(=O)CC2CC3CCC(C2)N3)ccc1OC. The molecule has 1 amide bonds. The highest BCUT2D eigenvalue weighted by molar-refractivity contribution is 5.91. The van der Waals surface area contributed by atoms with Gasteiger partial charge in [-0.25, -0.2) is 0 Å². The van der Waals surface area contributed by atoms with Gasteiger partial charge in [0.15, 0.2) is 11.5 Å². The third-order valence-corrected chi connectivity index (χ3v) is 4.79. The minimum atomic E-state index is 0.0870. The van der Waals surface area contributed by atoms with E-state index in [0.717, 1.165) is 18.5 Å². The predicted octanol–water partition coefficient (Wildman–Crippen LogP) is 2.95. The second-order valence-electron chi connectivity index (χ2n) is 6.53. The fourth-order valence-electron chi connectivity index (χ4n) is 3.84. The molecule has 23 heavy (non-hydrogen) atoms. The van der Waals surface area contributed by atoms with E-state index < -0.39 is 0 Å². The number of fused-ring (bicyclic) bond motifs is 2. The molecule has 2 N–H and O–H groups in total. The van der Waals surface area contributed by atoms with Gasteiger partial charge in [-0.05, 0) is 50.7 Å². The maximum atomic E-state index is 12.3. The maximum absolute atomic E-state index is 12.3. The van der Waals surface area contributed by atoms with Gasteiger partial charge in [-0.15, -0.1) is 0 Å². The molecule has 1 aromatic rings. The van der Waals surface area contributed by atoms with Crippen molar-refractivity contribution < 1.29 is 14.3 Å². The standard InChI is InChI=1S/C18H26N2O3/c1-3-23-17-11-15(6-7-16(17)22-2)20-18(21)10-12-8-13-4-5-14(9-12)19-13/h6-7,11-14,19H,3-5,8-10H2,1-2H3,(H,20,21). The average molecular weight is 318 g/mol. The maximum Gasteiger partial charge on any atom is 0.224 e. The van der Waals surface area contributed by atoms with E-state index in [1.54, 1.807) is 7.11 Å². The van der Waals surface area contributed by atoms with E-state index in [1.165, 1.54) is 12.8 Å². The molecular formula is C18H26N2O3. The van der Waals surface area contributed by atoms with Gasteiger partial charge in [0.25, 0.3) is 0 Å². The van der Waals surface area contributed by atoms with Crippen LogP contribution in [0, 0.1) is 5.92 Å². The molecule has 0 saturated carbocycles.